The van der Waals surface area contributed by atoms with Gasteiger partial charge >= 0.3 is 0 Å². The van der Waals surface area contributed by atoms with Crippen molar-refractivity contribution in [1.82, 2.24) is 24.9 Å². The van der Waals surface area contributed by atoms with Crippen LogP contribution in [0.25, 0.3) is 5.65 Å². The van der Waals surface area contributed by atoms with Crippen LogP contribution in [0, 0.1) is 5.82 Å². The molecule has 3 aromatic heterocycles. The number of hydrogen-bond donors (Lipinski definition) is 3. The fraction of sp³-hybridized carbons (Fsp3) is 0.429. The Labute approximate surface area is 186 Å². The number of anilines is 1. The average Bonchev–Trinajstić information content (AvgIpc) is 3.42. The Hall–Kier alpha value is -3.51. The van der Waals surface area contributed by atoms with E-state index in [2.05, 4.69) is 15.4 Å². The van der Waals surface area contributed by atoms with Crippen molar-refractivity contribution in [2.45, 2.75) is 43.7 Å². The monoisotopic (exact) mass is 456 g/mol. The van der Waals surface area contributed by atoms with Crippen LogP contribution in [0.5, 0.6) is 11.6 Å². The van der Waals surface area contributed by atoms with Crippen molar-refractivity contribution in [3.05, 3.63) is 41.6 Å². The van der Waals surface area contributed by atoms with Gasteiger partial charge in [-0.05, 0) is 25.3 Å². The van der Waals surface area contributed by atoms with Crippen LogP contribution in [0.4, 0.5) is 10.2 Å². The highest BCUT2D eigenvalue weighted by molar-refractivity contribution is 5.99. The van der Waals surface area contributed by atoms with Crippen LogP contribution in [-0.2, 0) is 6.54 Å². The molecule has 0 spiro atoms. The SMILES string of the molecule is O=C1NCC(O)(O)COc2ncc(F)cc2CN2c3nc4c1cnn4cc3O[C@H]1CCC[C@H]12. The van der Waals surface area contributed by atoms with Gasteiger partial charge in [0.15, 0.2) is 17.2 Å². The fourth-order valence-corrected chi connectivity index (χ4v) is 4.70. The molecular formula is C21H21FN6O5. The maximum absolute atomic E-state index is 14.1. The summed E-state index contributed by atoms with van der Waals surface area (Å²) in [5.74, 6) is -2.37. The average molecular weight is 456 g/mol. The lowest BCUT2D eigenvalue weighted by atomic mass is 10.1. The lowest BCUT2D eigenvalue weighted by molar-refractivity contribution is -0.176. The number of β-amino-alcohol motifs (C(OH)–C–C–N with tert-alkyl or cyclic N) is 2. The van der Waals surface area contributed by atoms with E-state index in [1.807, 2.05) is 4.90 Å². The van der Waals surface area contributed by atoms with E-state index in [0.29, 0.717) is 22.8 Å². The van der Waals surface area contributed by atoms with Gasteiger partial charge in [0.05, 0.1) is 37.7 Å². The van der Waals surface area contributed by atoms with Crippen LogP contribution in [0.1, 0.15) is 35.2 Å². The maximum Gasteiger partial charge on any atom is 0.256 e. The fourth-order valence-electron chi connectivity index (χ4n) is 4.70. The molecule has 0 aromatic carbocycles. The third-order valence-electron chi connectivity index (χ3n) is 6.26. The molecule has 5 heterocycles. The Morgan fingerprint density at radius 3 is 3.03 bits per heavy atom. The predicted molar refractivity (Wildman–Crippen MR) is 110 cm³/mol. The highest BCUT2D eigenvalue weighted by Gasteiger charge is 2.41. The number of amides is 1. The normalized spacial score (nSPS) is 23.8. The number of aromatic nitrogens is 4. The van der Waals surface area contributed by atoms with Gasteiger partial charge in [-0.25, -0.2) is 18.9 Å². The smallest absolute Gasteiger partial charge is 0.256 e. The topological polar surface area (TPSA) is 134 Å². The third kappa shape index (κ3) is 3.42. The number of carbonyl (C=O) groups excluding carboxylic acids is 1. The van der Waals surface area contributed by atoms with E-state index < -0.39 is 30.7 Å². The standard InChI is InChI=1S/C21H21FN6O5/c22-12-4-11-7-27-14-2-1-3-15(14)33-16-8-28-17(26-18(16)27)13(6-25-28)19(29)24-9-21(30,31)10-32-20(11)23-5-12/h4-6,8,14-15,30-31H,1-3,7,9-10H2,(H,24,29)/t14-,15+/m1/s1. The molecule has 1 fully saturated rings. The van der Waals surface area contributed by atoms with Gasteiger partial charge in [0.25, 0.3) is 5.91 Å². The molecule has 2 atom stereocenters. The summed E-state index contributed by atoms with van der Waals surface area (Å²) in [6.45, 7) is -0.879. The summed E-state index contributed by atoms with van der Waals surface area (Å²) in [5.41, 5.74) is 0.901. The van der Waals surface area contributed by atoms with Crippen LogP contribution < -0.4 is 19.7 Å². The van der Waals surface area contributed by atoms with Crippen molar-refractivity contribution in [2.75, 3.05) is 18.1 Å². The molecule has 1 amide bonds. The zero-order chi connectivity index (χ0) is 22.7. The second-order valence-electron chi connectivity index (χ2n) is 8.61. The first kappa shape index (κ1) is 20.1. The van der Waals surface area contributed by atoms with Gasteiger partial charge in [0.2, 0.25) is 11.7 Å². The molecule has 1 aliphatic carbocycles. The lowest BCUT2D eigenvalue weighted by Crippen LogP contribution is -2.48. The summed E-state index contributed by atoms with van der Waals surface area (Å²) in [6.07, 6.45) is 6.67. The maximum atomic E-state index is 14.1. The lowest BCUT2D eigenvalue weighted by Gasteiger charge is -2.39. The predicted octanol–water partition coefficient (Wildman–Crippen LogP) is 0.387. The Kier molecular flexibility index (Phi) is 4.42. The molecule has 0 unspecified atom stereocenters. The van der Waals surface area contributed by atoms with E-state index in [1.165, 1.54) is 16.8 Å². The van der Waals surface area contributed by atoms with Gasteiger partial charge in [-0.2, -0.15) is 5.10 Å². The van der Waals surface area contributed by atoms with Crippen LogP contribution in [0.3, 0.4) is 0 Å². The van der Waals surface area contributed by atoms with E-state index >= 15 is 0 Å². The molecule has 1 saturated carbocycles. The quantitative estimate of drug-likeness (QED) is 0.411. The molecule has 33 heavy (non-hydrogen) atoms. The van der Waals surface area contributed by atoms with Crippen molar-refractivity contribution >= 4 is 17.4 Å². The number of carbonyl (C=O) groups is 1. The van der Waals surface area contributed by atoms with E-state index in [1.54, 1.807) is 6.20 Å². The number of fused-ring (bicyclic) bond motifs is 3. The van der Waals surface area contributed by atoms with Crippen LogP contribution >= 0.6 is 0 Å². The summed E-state index contributed by atoms with van der Waals surface area (Å²) in [5, 5.41) is 27.2. The van der Waals surface area contributed by atoms with Gasteiger partial charge in [-0.3, -0.25) is 4.79 Å². The molecule has 6 rings (SSSR count). The molecule has 0 saturated heterocycles. The van der Waals surface area contributed by atoms with Crippen molar-refractivity contribution < 1.29 is 28.9 Å². The first-order valence-electron chi connectivity index (χ1n) is 10.7. The Morgan fingerprint density at radius 1 is 1.27 bits per heavy atom. The number of nitrogens with one attached hydrogen (secondary N) is 1. The van der Waals surface area contributed by atoms with Gasteiger partial charge in [-0.15, -0.1) is 0 Å². The number of rotatable bonds is 0. The molecule has 0 radical (unpaired) electrons. The van der Waals surface area contributed by atoms with Gasteiger partial charge < -0.3 is 29.9 Å². The van der Waals surface area contributed by atoms with E-state index in [4.69, 9.17) is 14.5 Å². The van der Waals surface area contributed by atoms with Gasteiger partial charge in [0, 0.05) is 5.56 Å². The second-order valence-corrected chi connectivity index (χ2v) is 8.61. The summed E-state index contributed by atoms with van der Waals surface area (Å²) >= 11 is 0. The summed E-state index contributed by atoms with van der Waals surface area (Å²) < 4.78 is 27.4. The number of halogens is 1. The van der Waals surface area contributed by atoms with Crippen molar-refractivity contribution in [1.29, 1.82) is 0 Å². The Bertz CT molecular complexity index is 1260. The molecule has 3 aromatic rings. The second kappa shape index (κ2) is 7.25. The molecule has 11 nitrogen and oxygen atoms in total. The molecular weight excluding hydrogens is 435 g/mol. The number of pyridine rings is 1. The summed E-state index contributed by atoms with van der Waals surface area (Å²) in [4.78, 5) is 23.5. The van der Waals surface area contributed by atoms with Crippen LogP contribution in [0.2, 0.25) is 0 Å². The van der Waals surface area contributed by atoms with E-state index in [9.17, 15) is 19.4 Å². The third-order valence-corrected chi connectivity index (χ3v) is 6.26. The molecule has 172 valence electrons. The molecule has 2 aliphatic heterocycles. The molecule has 3 N–H and O–H groups in total. The minimum absolute atomic E-state index is 0.00792. The number of ether oxygens (including phenoxy) is 2. The molecule has 2 bridgehead atoms. The number of aliphatic hydroxyl groups is 2. The Morgan fingerprint density at radius 2 is 2.15 bits per heavy atom. The van der Waals surface area contributed by atoms with Crippen molar-refractivity contribution in [3.8, 4) is 11.6 Å². The van der Waals surface area contributed by atoms with E-state index in [0.717, 1.165) is 25.5 Å². The number of hydrogen-bond acceptors (Lipinski definition) is 9. The van der Waals surface area contributed by atoms with Crippen molar-refractivity contribution in [2.24, 2.45) is 0 Å². The van der Waals surface area contributed by atoms with Crippen LogP contribution in [-0.4, -0.2) is 66.8 Å². The van der Waals surface area contributed by atoms with Gasteiger partial charge in [0.1, 0.15) is 24.1 Å². The first-order chi connectivity index (χ1) is 15.9. The Balaban J connectivity index is 1.54. The summed E-state index contributed by atoms with van der Waals surface area (Å²) in [7, 11) is 0. The highest BCUT2D eigenvalue weighted by Crippen LogP contribution is 2.42. The zero-order valence-electron chi connectivity index (χ0n) is 17.4. The summed E-state index contributed by atoms with van der Waals surface area (Å²) in [6, 6.07) is 1.31. The largest absolute Gasteiger partial charge is 0.483 e. The molecule has 3 aliphatic rings. The van der Waals surface area contributed by atoms with Crippen LogP contribution in [0.15, 0.2) is 24.7 Å². The molecule has 12 heteroatoms. The zero-order valence-corrected chi connectivity index (χ0v) is 17.4. The van der Waals surface area contributed by atoms with E-state index in [-0.39, 0.29) is 30.1 Å². The minimum Gasteiger partial charge on any atom is -0.483 e. The minimum atomic E-state index is -2.38. The van der Waals surface area contributed by atoms with Crippen molar-refractivity contribution in [3.63, 3.8) is 0 Å². The highest BCUT2D eigenvalue weighted by atomic mass is 19.1. The first-order valence-corrected chi connectivity index (χ1v) is 10.7. The van der Waals surface area contributed by atoms with Gasteiger partial charge in [-0.1, -0.05) is 0 Å². The number of nitrogens with zero attached hydrogens (tertiary/aromatic N) is 5.